The summed E-state index contributed by atoms with van der Waals surface area (Å²) < 4.78 is 1.83. The second-order valence-corrected chi connectivity index (χ2v) is 5.10. The first-order chi connectivity index (χ1) is 8.81. The molecule has 0 aliphatic heterocycles. The molecule has 2 aromatic rings. The third-order valence-corrected chi connectivity index (χ3v) is 3.43. The van der Waals surface area contributed by atoms with Crippen LogP contribution in [0.1, 0.15) is 35.6 Å². The molecule has 1 saturated carbocycles. The first-order valence-electron chi connectivity index (χ1n) is 6.59. The topological polar surface area (TPSA) is 29.9 Å². The maximum absolute atomic E-state index is 4.34. The molecule has 0 atom stereocenters. The molecule has 0 radical (unpaired) electrons. The summed E-state index contributed by atoms with van der Waals surface area (Å²) in [5.74, 6) is 0.848. The first-order valence-corrected chi connectivity index (χ1v) is 6.59. The van der Waals surface area contributed by atoms with Crippen LogP contribution in [-0.2, 0) is 20.1 Å². The average Bonchev–Trinajstić information content (AvgIpc) is 3.15. The van der Waals surface area contributed by atoms with Crippen LogP contribution in [0, 0.1) is 0 Å². The molecule has 3 rings (SSSR count). The average molecular weight is 241 g/mol. The monoisotopic (exact) mass is 241 g/mol. The van der Waals surface area contributed by atoms with Crippen molar-refractivity contribution in [2.75, 3.05) is 0 Å². The van der Waals surface area contributed by atoms with Crippen molar-refractivity contribution in [3.8, 4) is 0 Å². The van der Waals surface area contributed by atoms with Crippen LogP contribution in [0.25, 0.3) is 0 Å². The Balaban J connectivity index is 1.50. The van der Waals surface area contributed by atoms with E-state index in [-0.39, 0.29) is 0 Å². The Hall–Kier alpha value is -1.61. The van der Waals surface area contributed by atoms with Crippen LogP contribution in [0.3, 0.4) is 0 Å². The van der Waals surface area contributed by atoms with Crippen LogP contribution in [0.15, 0.2) is 36.5 Å². The largest absolute Gasteiger partial charge is 0.307 e. The van der Waals surface area contributed by atoms with Gasteiger partial charge in [0.15, 0.2) is 0 Å². The van der Waals surface area contributed by atoms with E-state index in [4.69, 9.17) is 0 Å². The third kappa shape index (κ3) is 2.79. The van der Waals surface area contributed by atoms with Crippen molar-refractivity contribution < 1.29 is 0 Å². The summed E-state index contributed by atoms with van der Waals surface area (Å²) in [4.78, 5) is 0. The molecule has 0 bridgehead atoms. The number of hydrogen-bond donors (Lipinski definition) is 1. The molecule has 0 saturated heterocycles. The van der Waals surface area contributed by atoms with Gasteiger partial charge in [-0.25, -0.2) is 0 Å². The van der Waals surface area contributed by atoms with Crippen LogP contribution in [0.5, 0.6) is 0 Å². The van der Waals surface area contributed by atoms with Crippen molar-refractivity contribution in [1.29, 1.82) is 0 Å². The SMILES string of the molecule is Cn1ccc(CNCc2ccc(C3CC3)cc2)n1. The van der Waals surface area contributed by atoms with Gasteiger partial charge in [0, 0.05) is 26.3 Å². The zero-order valence-electron chi connectivity index (χ0n) is 10.8. The number of benzene rings is 1. The summed E-state index contributed by atoms with van der Waals surface area (Å²) in [6.45, 7) is 1.73. The Kier molecular flexibility index (Phi) is 3.15. The van der Waals surface area contributed by atoms with Crippen LogP contribution in [0.4, 0.5) is 0 Å². The number of rotatable bonds is 5. The van der Waals surface area contributed by atoms with Gasteiger partial charge < -0.3 is 5.32 Å². The predicted octanol–water partition coefficient (Wildman–Crippen LogP) is 2.59. The molecule has 0 amide bonds. The molecule has 3 heteroatoms. The lowest BCUT2D eigenvalue weighted by Crippen LogP contribution is -2.13. The maximum Gasteiger partial charge on any atom is 0.0762 e. The number of aromatic nitrogens is 2. The van der Waals surface area contributed by atoms with Crippen molar-refractivity contribution in [2.45, 2.75) is 31.8 Å². The van der Waals surface area contributed by atoms with Crippen LogP contribution >= 0.6 is 0 Å². The predicted molar refractivity (Wildman–Crippen MR) is 72.2 cm³/mol. The van der Waals surface area contributed by atoms with Crippen LogP contribution < -0.4 is 5.32 Å². The molecule has 1 fully saturated rings. The van der Waals surface area contributed by atoms with Crippen LogP contribution in [0.2, 0.25) is 0 Å². The number of aryl methyl sites for hydroxylation is 1. The normalized spacial score (nSPS) is 14.9. The molecule has 1 N–H and O–H groups in total. The zero-order chi connectivity index (χ0) is 12.4. The summed E-state index contributed by atoms with van der Waals surface area (Å²) in [6, 6.07) is 11.1. The van der Waals surface area contributed by atoms with E-state index in [1.807, 2.05) is 24.0 Å². The molecule has 0 spiro atoms. The third-order valence-electron chi connectivity index (χ3n) is 3.43. The smallest absolute Gasteiger partial charge is 0.0762 e. The van der Waals surface area contributed by atoms with E-state index >= 15 is 0 Å². The van der Waals surface area contributed by atoms with Gasteiger partial charge in [-0.05, 0) is 36.0 Å². The zero-order valence-corrected chi connectivity index (χ0v) is 10.8. The Morgan fingerprint density at radius 1 is 1.17 bits per heavy atom. The van der Waals surface area contributed by atoms with E-state index < -0.39 is 0 Å². The van der Waals surface area contributed by atoms with E-state index in [0.717, 1.165) is 24.7 Å². The van der Waals surface area contributed by atoms with Gasteiger partial charge in [0.05, 0.1) is 5.69 Å². The fraction of sp³-hybridized carbons (Fsp3) is 0.400. The van der Waals surface area contributed by atoms with Crippen molar-refractivity contribution in [1.82, 2.24) is 15.1 Å². The van der Waals surface area contributed by atoms with E-state index in [9.17, 15) is 0 Å². The Labute approximate surface area is 108 Å². The standard InChI is InChI=1S/C15H19N3/c1-18-9-8-15(17-18)11-16-10-12-2-4-13(5-3-12)14-6-7-14/h2-5,8-9,14,16H,6-7,10-11H2,1H3. The van der Waals surface area contributed by atoms with Gasteiger partial charge in [-0.1, -0.05) is 24.3 Å². The summed E-state index contributed by atoms with van der Waals surface area (Å²) in [7, 11) is 1.94. The van der Waals surface area contributed by atoms with Gasteiger partial charge in [-0.15, -0.1) is 0 Å². The molecule has 1 aromatic heterocycles. The molecule has 1 heterocycles. The van der Waals surface area contributed by atoms with Gasteiger partial charge in [-0.3, -0.25) is 4.68 Å². The quantitative estimate of drug-likeness (QED) is 0.872. The fourth-order valence-corrected chi connectivity index (χ4v) is 2.22. The highest BCUT2D eigenvalue weighted by Crippen LogP contribution is 2.39. The maximum atomic E-state index is 4.34. The summed E-state index contributed by atoms with van der Waals surface area (Å²) >= 11 is 0. The Morgan fingerprint density at radius 2 is 1.94 bits per heavy atom. The molecule has 1 aromatic carbocycles. The van der Waals surface area contributed by atoms with Crippen molar-refractivity contribution in [3.05, 3.63) is 53.3 Å². The molecule has 3 nitrogen and oxygen atoms in total. The van der Waals surface area contributed by atoms with E-state index in [0.29, 0.717) is 0 Å². The van der Waals surface area contributed by atoms with Gasteiger partial charge in [0.25, 0.3) is 0 Å². The molecule has 0 unspecified atom stereocenters. The Morgan fingerprint density at radius 3 is 2.56 bits per heavy atom. The van der Waals surface area contributed by atoms with Crippen molar-refractivity contribution >= 4 is 0 Å². The van der Waals surface area contributed by atoms with E-state index in [2.05, 4.69) is 34.7 Å². The number of nitrogens with one attached hydrogen (secondary N) is 1. The molecule has 18 heavy (non-hydrogen) atoms. The number of nitrogens with zero attached hydrogens (tertiary/aromatic N) is 2. The fourth-order valence-electron chi connectivity index (χ4n) is 2.22. The van der Waals surface area contributed by atoms with Gasteiger partial charge in [0.1, 0.15) is 0 Å². The van der Waals surface area contributed by atoms with Gasteiger partial charge in [0.2, 0.25) is 0 Å². The lowest BCUT2D eigenvalue weighted by molar-refractivity contribution is 0.656. The lowest BCUT2D eigenvalue weighted by Gasteiger charge is -2.04. The molecule has 94 valence electrons. The lowest BCUT2D eigenvalue weighted by atomic mass is 10.1. The van der Waals surface area contributed by atoms with Crippen molar-refractivity contribution in [3.63, 3.8) is 0 Å². The molecule has 1 aliphatic carbocycles. The Bertz CT molecular complexity index is 509. The minimum atomic E-state index is 0.825. The summed E-state index contributed by atoms with van der Waals surface area (Å²) in [5, 5.41) is 7.76. The highest BCUT2D eigenvalue weighted by Gasteiger charge is 2.22. The second kappa shape index (κ2) is 4.94. The highest BCUT2D eigenvalue weighted by atomic mass is 15.3. The summed E-state index contributed by atoms with van der Waals surface area (Å²) in [5.41, 5.74) is 3.94. The van der Waals surface area contributed by atoms with Crippen molar-refractivity contribution in [2.24, 2.45) is 7.05 Å². The minimum absolute atomic E-state index is 0.825. The highest BCUT2D eigenvalue weighted by molar-refractivity contribution is 5.27. The van der Waals surface area contributed by atoms with Gasteiger partial charge >= 0.3 is 0 Å². The first kappa shape index (κ1) is 11.5. The molecular formula is C15H19N3. The van der Waals surface area contributed by atoms with E-state index in [1.54, 1.807) is 0 Å². The molecule has 1 aliphatic rings. The molecular weight excluding hydrogens is 222 g/mol. The second-order valence-electron chi connectivity index (χ2n) is 5.10. The number of hydrogen-bond acceptors (Lipinski definition) is 2. The van der Waals surface area contributed by atoms with E-state index in [1.165, 1.54) is 24.0 Å². The van der Waals surface area contributed by atoms with Crippen LogP contribution in [-0.4, -0.2) is 9.78 Å². The summed E-state index contributed by atoms with van der Waals surface area (Å²) in [6.07, 6.45) is 4.72. The minimum Gasteiger partial charge on any atom is -0.307 e. The van der Waals surface area contributed by atoms with Gasteiger partial charge in [-0.2, -0.15) is 5.10 Å².